The van der Waals surface area contributed by atoms with Crippen molar-refractivity contribution in [3.8, 4) is 11.8 Å². The lowest BCUT2D eigenvalue weighted by atomic mass is 9.82. The summed E-state index contributed by atoms with van der Waals surface area (Å²) in [4.78, 5) is 0. The van der Waals surface area contributed by atoms with E-state index in [2.05, 4.69) is 18.8 Å². The molecule has 0 radical (unpaired) electrons. The van der Waals surface area contributed by atoms with E-state index in [4.69, 9.17) is 0 Å². The summed E-state index contributed by atoms with van der Waals surface area (Å²) in [6.45, 7) is 2.13. The normalized spacial score (nSPS) is 16.3. The zero-order valence-corrected chi connectivity index (χ0v) is 13.2. The molecule has 0 aliphatic heterocycles. The van der Waals surface area contributed by atoms with Crippen molar-refractivity contribution >= 4 is 0 Å². The van der Waals surface area contributed by atoms with Crippen molar-refractivity contribution in [2.45, 2.75) is 32.6 Å². The quantitative estimate of drug-likeness (QED) is 0.384. The first-order chi connectivity index (χ1) is 11.5. The summed E-state index contributed by atoms with van der Waals surface area (Å²) in [6, 6.07) is 4.81. The van der Waals surface area contributed by atoms with Crippen LogP contribution in [0.1, 0.15) is 42.0 Å². The second-order valence-electron chi connectivity index (χ2n) is 6.12. The number of hydrogen-bond acceptors (Lipinski definition) is 0. The Hall–Kier alpha value is -2.28. The van der Waals surface area contributed by atoms with Crippen LogP contribution in [0.5, 0.6) is 0 Å². The van der Waals surface area contributed by atoms with Gasteiger partial charge >= 0.3 is 0 Å². The molecule has 0 saturated heterocycles. The van der Waals surface area contributed by atoms with Crippen LogP contribution in [0.15, 0.2) is 24.3 Å². The van der Waals surface area contributed by atoms with Crippen LogP contribution in [0.25, 0.3) is 0 Å². The second-order valence-corrected chi connectivity index (χ2v) is 6.12. The largest absolute Gasteiger partial charge is 0.206 e. The van der Waals surface area contributed by atoms with E-state index >= 15 is 0 Å². The van der Waals surface area contributed by atoms with E-state index in [0.29, 0.717) is 5.92 Å². The van der Waals surface area contributed by atoms with Gasteiger partial charge in [0.15, 0.2) is 17.5 Å². The first-order valence-electron chi connectivity index (χ1n) is 7.95. The van der Waals surface area contributed by atoms with E-state index in [9.17, 15) is 17.6 Å². The molecular formula is C20H16F4. The van der Waals surface area contributed by atoms with Crippen molar-refractivity contribution in [3.05, 3.63) is 69.8 Å². The molecule has 24 heavy (non-hydrogen) atoms. The van der Waals surface area contributed by atoms with Crippen molar-refractivity contribution < 1.29 is 17.6 Å². The van der Waals surface area contributed by atoms with Crippen LogP contribution in [0.3, 0.4) is 0 Å². The highest BCUT2D eigenvalue weighted by Crippen LogP contribution is 2.29. The number of hydrogen-bond donors (Lipinski definition) is 0. The van der Waals surface area contributed by atoms with E-state index in [-0.39, 0.29) is 11.1 Å². The zero-order chi connectivity index (χ0) is 17.3. The van der Waals surface area contributed by atoms with Gasteiger partial charge in [0.05, 0.1) is 5.56 Å². The Labute approximate surface area is 138 Å². The fourth-order valence-corrected chi connectivity index (χ4v) is 3.07. The summed E-state index contributed by atoms with van der Waals surface area (Å²) in [6.07, 6.45) is 3.88. The SMILES string of the molecule is CCC1CCc2cc(C#Cc3cc(F)c(F)c(F)c3)c(F)cc2C1. The zero-order valence-electron chi connectivity index (χ0n) is 13.2. The number of benzene rings is 2. The molecule has 124 valence electrons. The Morgan fingerprint density at radius 2 is 1.62 bits per heavy atom. The molecule has 0 amide bonds. The summed E-state index contributed by atoms with van der Waals surface area (Å²) in [5.41, 5.74) is 2.24. The third-order valence-electron chi connectivity index (χ3n) is 4.52. The lowest BCUT2D eigenvalue weighted by molar-refractivity contribution is 0.443. The maximum absolute atomic E-state index is 14.2. The maximum atomic E-state index is 14.2. The van der Waals surface area contributed by atoms with Crippen LogP contribution in [-0.4, -0.2) is 0 Å². The highest BCUT2D eigenvalue weighted by Gasteiger charge is 2.19. The van der Waals surface area contributed by atoms with Gasteiger partial charge in [-0.1, -0.05) is 25.2 Å². The van der Waals surface area contributed by atoms with Crippen molar-refractivity contribution in [1.82, 2.24) is 0 Å². The molecule has 0 saturated carbocycles. The minimum absolute atomic E-state index is 0.0328. The molecular weight excluding hydrogens is 316 g/mol. The van der Waals surface area contributed by atoms with E-state index in [1.54, 1.807) is 6.07 Å². The molecule has 0 N–H and O–H groups in total. The van der Waals surface area contributed by atoms with Gasteiger partial charge in [0.1, 0.15) is 5.82 Å². The molecule has 1 atom stereocenters. The van der Waals surface area contributed by atoms with Crippen LogP contribution >= 0.6 is 0 Å². The second kappa shape index (κ2) is 6.68. The van der Waals surface area contributed by atoms with Gasteiger partial charge in [0.25, 0.3) is 0 Å². The van der Waals surface area contributed by atoms with Crippen LogP contribution in [0.4, 0.5) is 17.6 Å². The lowest BCUT2D eigenvalue weighted by Crippen LogP contribution is -2.14. The van der Waals surface area contributed by atoms with E-state index in [1.807, 2.05) is 0 Å². The molecule has 1 aliphatic carbocycles. The Bertz CT molecular complexity index is 820. The van der Waals surface area contributed by atoms with E-state index < -0.39 is 23.3 Å². The van der Waals surface area contributed by atoms with Crippen LogP contribution < -0.4 is 0 Å². The molecule has 0 fully saturated rings. The van der Waals surface area contributed by atoms with Gasteiger partial charge in [-0.2, -0.15) is 0 Å². The van der Waals surface area contributed by atoms with Crippen molar-refractivity contribution in [3.63, 3.8) is 0 Å². The molecule has 0 aromatic heterocycles. The Morgan fingerprint density at radius 1 is 0.917 bits per heavy atom. The molecule has 4 heteroatoms. The highest BCUT2D eigenvalue weighted by atomic mass is 19.2. The summed E-state index contributed by atoms with van der Waals surface area (Å²) in [5, 5.41) is 0. The Kier molecular flexibility index (Phi) is 4.62. The highest BCUT2D eigenvalue weighted by molar-refractivity contribution is 5.47. The average Bonchev–Trinajstić information content (AvgIpc) is 2.57. The molecule has 1 unspecified atom stereocenters. The van der Waals surface area contributed by atoms with Gasteiger partial charge in [-0.25, -0.2) is 17.6 Å². The third kappa shape index (κ3) is 3.31. The third-order valence-corrected chi connectivity index (χ3v) is 4.52. The van der Waals surface area contributed by atoms with Gasteiger partial charge in [-0.15, -0.1) is 0 Å². The number of halogens is 4. The molecule has 0 heterocycles. The van der Waals surface area contributed by atoms with E-state index in [1.165, 1.54) is 6.07 Å². The standard InChI is InChI=1S/C20H16F4/c1-2-12-3-5-14-10-15(17(21)11-16(14)7-12)6-4-13-8-18(22)20(24)19(23)9-13/h8-12H,2-3,5,7H2,1H3. The van der Waals surface area contributed by atoms with Gasteiger partial charge in [0, 0.05) is 5.56 Å². The fourth-order valence-electron chi connectivity index (χ4n) is 3.07. The monoisotopic (exact) mass is 332 g/mol. The molecule has 3 rings (SSSR count). The first-order valence-corrected chi connectivity index (χ1v) is 7.95. The van der Waals surface area contributed by atoms with Crippen LogP contribution in [0, 0.1) is 41.0 Å². The van der Waals surface area contributed by atoms with Gasteiger partial charge in [0.2, 0.25) is 0 Å². The predicted octanol–water partition coefficient (Wildman–Crippen LogP) is 5.16. The maximum Gasteiger partial charge on any atom is 0.194 e. The summed E-state index contributed by atoms with van der Waals surface area (Å²) in [7, 11) is 0. The molecule has 2 aromatic carbocycles. The molecule has 0 spiro atoms. The Balaban J connectivity index is 1.92. The minimum Gasteiger partial charge on any atom is -0.206 e. The lowest BCUT2D eigenvalue weighted by Gasteiger charge is -2.23. The summed E-state index contributed by atoms with van der Waals surface area (Å²) >= 11 is 0. The fraction of sp³-hybridized carbons (Fsp3) is 0.300. The van der Waals surface area contributed by atoms with Gasteiger partial charge < -0.3 is 0 Å². The number of fused-ring (bicyclic) bond motifs is 1. The van der Waals surface area contributed by atoms with E-state index in [0.717, 1.165) is 48.9 Å². The van der Waals surface area contributed by atoms with Gasteiger partial charge in [-0.05, 0) is 60.6 Å². The minimum atomic E-state index is -1.54. The van der Waals surface area contributed by atoms with Crippen molar-refractivity contribution in [2.75, 3.05) is 0 Å². The average molecular weight is 332 g/mol. The van der Waals surface area contributed by atoms with Crippen molar-refractivity contribution in [2.24, 2.45) is 5.92 Å². The van der Waals surface area contributed by atoms with Crippen molar-refractivity contribution in [1.29, 1.82) is 0 Å². The van der Waals surface area contributed by atoms with Crippen LogP contribution in [-0.2, 0) is 12.8 Å². The number of aryl methyl sites for hydroxylation is 1. The predicted molar refractivity (Wildman–Crippen MR) is 84.5 cm³/mol. The van der Waals surface area contributed by atoms with Crippen LogP contribution in [0.2, 0.25) is 0 Å². The summed E-state index contributed by atoms with van der Waals surface area (Å²) in [5.74, 6) is 1.08. The topological polar surface area (TPSA) is 0 Å². The molecule has 0 nitrogen and oxygen atoms in total. The Morgan fingerprint density at radius 3 is 2.29 bits per heavy atom. The first kappa shape index (κ1) is 16.6. The van der Waals surface area contributed by atoms with Gasteiger partial charge in [-0.3, -0.25) is 0 Å². The smallest absolute Gasteiger partial charge is 0.194 e. The summed E-state index contributed by atoms with van der Waals surface area (Å²) < 4.78 is 53.5. The molecule has 1 aliphatic rings. The molecule has 2 aromatic rings. The molecule has 0 bridgehead atoms. The number of rotatable bonds is 1.